The maximum Gasteiger partial charge on any atom is 0.251 e. The molecule has 0 saturated carbocycles. The summed E-state index contributed by atoms with van der Waals surface area (Å²) in [4.78, 5) is 11.8. The van der Waals surface area contributed by atoms with E-state index >= 15 is 0 Å². The van der Waals surface area contributed by atoms with Crippen LogP contribution in [0.3, 0.4) is 0 Å². The normalized spacial score (nSPS) is 9.73. The Morgan fingerprint density at radius 2 is 2.27 bits per heavy atom. The zero-order chi connectivity index (χ0) is 11.4. The number of benzene rings is 1. The molecule has 1 aromatic rings. The van der Waals surface area contributed by atoms with E-state index in [9.17, 15) is 4.79 Å². The van der Waals surface area contributed by atoms with Crippen molar-refractivity contribution in [3.05, 3.63) is 32.4 Å². The Balaban J connectivity index is 2.74. The summed E-state index contributed by atoms with van der Waals surface area (Å²) in [5.74, 6) is -0.235. The molecule has 15 heavy (non-hydrogen) atoms. The predicted octanol–water partition coefficient (Wildman–Crippen LogP) is 1.96. The molecule has 0 aliphatic heterocycles. The minimum Gasteiger partial charge on any atom is -0.392 e. The molecule has 1 aromatic carbocycles. The quantitative estimate of drug-likeness (QED) is 0.644. The van der Waals surface area contributed by atoms with E-state index in [0.29, 0.717) is 10.6 Å². The van der Waals surface area contributed by atoms with E-state index in [-0.39, 0.29) is 17.4 Å². The highest BCUT2D eigenvalue weighted by Gasteiger charge is 2.07. The Morgan fingerprint density at radius 3 is 2.80 bits per heavy atom. The van der Waals surface area contributed by atoms with Crippen LogP contribution < -0.4 is 11.1 Å². The van der Waals surface area contributed by atoms with Gasteiger partial charge in [0.05, 0.1) is 16.6 Å². The SMILES string of the molecule is NC(=S)CNC(=O)c1ccc(I)c(Cl)c1. The van der Waals surface area contributed by atoms with Gasteiger partial charge in [0.2, 0.25) is 0 Å². The number of hydrogen-bond donors (Lipinski definition) is 2. The molecule has 0 fully saturated rings. The van der Waals surface area contributed by atoms with Crippen molar-refractivity contribution in [3.8, 4) is 0 Å². The fourth-order valence-electron chi connectivity index (χ4n) is 0.907. The molecule has 0 spiro atoms. The number of nitrogens with two attached hydrogens (primary N) is 1. The molecule has 0 aliphatic rings. The first kappa shape index (κ1) is 12.7. The Labute approximate surface area is 112 Å². The number of halogens is 2. The summed E-state index contributed by atoms with van der Waals surface area (Å²) in [5.41, 5.74) is 5.76. The van der Waals surface area contributed by atoms with Crippen LogP contribution in [-0.4, -0.2) is 17.4 Å². The topological polar surface area (TPSA) is 55.1 Å². The third-order valence-corrected chi connectivity index (χ3v) is 3.32. The van der Waals surface area contributed by atoms with E-state index in [0.717, 1.165) is 3.57 Å². The molecule has 3 nitrogen and oxygen atoms in total. The third-order valence-electron chi connectivity index (χ3n) is 1.60. The van der Waals surface area contributed by atoms with Gasteiger partial charge in [-0.05, 0) is 40.8 Å². The lowest BCUT2D eigenvalue weighted by atomic mass is 10.2. The van der Waals surface area contributed by atoms with Gasteiger partial charge in [-0.1, -0.05) is 23.8 Å². The summed E-state index contributed by atoms with van der Waals surface area (Å²) in [5, 5.41) is 3.13. The number of carbonyl (C=O) groups excluding carboxylic acids is 1. The standard InChI is InChI=1S/C9H8ClIN2OS/c10-6-3-5(1-2-7(6)11)9(14)13-4-8(12)15/h1-3H,4H2,(H2,12,15)(H,13,14). The molecule has 3 N–H and O–H groups in total. The lowest BCUT2D eigenvalue weighted by Crippen LogP contribution is -2.32. The number of nitrogens with one attached hydrogen (secondary N) is 1. The maximum absolute atomic E-state index is 11.5. The van der Waals surface area contributed by atoms with Crippen LogP contribution in [0.5, 0.6) is 0 Å². The van der Waals surface area contributed by atoms with Crippen LogP contribution in [0.15, 0.2) is 18.2 Å². The minimum atomic E-state index is -0.235. The van der Waals surface area contributed by atoms with Crippen molar-refractivity contribution in [3.63, 3.8) is 0 Å². The number of carbonyl (C=O) groups is 1. The van der Waals surface area contributed by atoms with Gasteiger partial charge in [0.25, 0.3) is 5.91 Å². The zero-order valence-corrected chi connectivity index (χ0v) is 11.3. The van der Waals surface area contributed by atoms with E-state index in [1.54, 1.807) is 18.2 Å². The van der Waals surface area contributed by atoms with Crippen molar-refractivity contribution in [1.82, 2.24) is 5.32 Å². The third kappa shape index (κ3) is 3.92. The summed E-state index contributed by atoms with van der Waals surface area (Å²) in [6, 6.07) is 5.08. The largest absolute Gasteiger partial charge is 0.392 e. The molecular formula is C9H8ClIN2OS. The monoisotopic (exact) mass is 354 g/mol. The molecule has 0 unspecified atom stereocenters. The first-order valence-corrected chi connectivity index (χ1v) is 5.88. The Kier molecular flexibility index (Phi) is 4.75. The lowest BCUT2D eigenvalue weighted by Gasteiger charge is -2.04. The molecule has 0 radical (unpaired) electrons. The lowest BCUT2D eigenvalue weighted by molar-refractivity contribution is 0.0959. The number of thiocarbonyl (C=S) groups is 1. The summed E-state index contributed by atoms with van der Waals surface area (Å²) >= 11 is 12.6. The average Bonchev–Trinajstić information content (AvgIpc) is 2.18. The van der Waals surface area contributed by atoms with Crippen LogP contribution in [0, 0.1) is 3.57 Å². The Bertz CT molecular complexity index is 411. The van der Waals surface area contributed by atoms with Gasteiger partial charge in [0, 0.05) is 9.13 Å². The smallest absolute Gasteiger partial charge is 0.251 e. The molecule has 0 saturated heterocycles. The molecule has 0 aromatic heterocycles. The highest BCUT2D eigenvalue weighted by molar-refractivity contribution is 14.1. The Hall–Kier alpha value is -0.400. The van der Waals surface area contributed by atoms with Crippen LogP contribution in [0.4, 0.5) is 0 Å². The van der Waals surface area contributed by atoms with Gasteiger partial charge >= 0.3 is 0 Å². The summed E-state index contributed by atoms with van der Waals surface area (Å²) in [7, 11) is 0. The number of amides is 1. The van der Waals surface area contributed by atoms with E-state index in [1.165, 1.54) is 0 Å². The fraction of sp³-hybridized carbons (Fsp3) is 0.111. The second kappa shape index (κ2) is 5.62. The summed E-state index contributed by atoms with van der Waals surface area (Å²) < 4.78 is 0.903. The van der Waals surface area contributed by atoms with Crippen molar-refractivity contribution >= 4 is 57.3 Å². The van der Waals surface area contributed by atoms with Crippen molar-refractivity contribution in [1.29, 1.82) is 0 Å². The van der Waals surface area contributed by atoms with Crippen LogP contribution >= 0.6 is 46.4 Å². The fourth-order valence-corrected chi connectivity index (χ4v) is 1.50. The van der Waals surface area contributed by atoms with Crippen LogP contribution in [0.2, 0.25) is 5.02 Å². The summed E-state index contributed by atoms with van der Waals surface area (Å²) in [6.07, 6.45) is 0. The van der Waals surface area contributed by atoms with Gasteiger partial charge in [-0.15, -0.1) is 0 Å². The number of hydrogen-bond acceptors (Lipinski definition) is 2. The highest BCUT2D eigenvalue weighted by Crippen LogP contribution is 2.19. The highest BCUT2D eigenvalue weighted by atomic mass is 127. The first-order valence-electron chi connectivity index (χ1n) is 4.02. The van der Waals surface area contributed by atoms with Crippen molar-refractivity contribution in [2.24, 2.45) is 5.73 Å². The first-order chi connectivity index (χ1) is 7.00. The van der Waals surface area contributed by atoms with Crippen LogP contribution in [0.1, 0.15) is 10.4 Å². The van der Waals surface area contributed by atoms with Crippen molar-refractivity contribution < 1.29 is 4.79 Å². The second-order valence-electron chi connectivity index (χ2n) is 2.78. The second-order valence-corrected chi connectivity index (χ2v) is 4.87. The molecule has 6 heteroatoms. The van der Waals surface area contributed by atoms with Gasteiger partial charge in [-0.2, -0.15) is 0 Å². The molecule has 1 rings (SSSR count). The van der Waals surface area contributed by atoms with Gasteiger partial charge in [0.1, 0.15) is 0 Å². The van der Waals surface area contributed by atoms with Gasteiger partial charge in [-0.3, -0.25) is 4.79 Å². The summed E-state index contributed by atoms with van der Waals surface area (Å²) in [6.45, 7) is 0.192. The van der Waals surface area contributed by atoms with Crippen molar-refractivity contribution in [2.45, 2.75) is 0 Å². The molecule has 1 amide bonds. The van der Waals surface area contributed by atoms with Gasteiger partial charge < -0.3 is 11.1 Å². The number of rotatable bonds is 3. The van der Waals surface area contributed by atoms with Crippen LogP contribution in [0.25, 0.3) is 0 Å². The van der Waals surface area contributed by atoms with E-state index in [2.05, 4.69) is 40.1 Å². The van der Waals surface area contributed by atoms with E-state index in [1.807, 2.05) is 0 Å². The zero-order valence-electron chi connectivity index (χ0n) is 7.59. The molecule has 0 atom stereocenters. The molecule has 80 valence electrons. The van der Waals surface area contributed by atoms with Gasteiger partial charge in [0.15, 0.2) is 0 Å². The minimum absolute atomic E-state index is 0.192. The predicted molar refractivity (Wildman–Crippen MR) is 73.3 cm³/mol. The van der Waals surface area contributed by atoms with Crippen LogP contribution in [-0.2, 0) is 0 Å². The van der Waals surface area contributed by atoms with Gasteiger partial charge in [-0.25, -0.2) is 0 Å². The molecule has 0 aliphatic carbocycles. The Morgan fingerprint density at radius 1 is 1.60 bits per heavy atom. The van der Waals surface area contributed by atoms with E-state index < -0.39 is 0 Å². The van der Waals surface area contributed by atoms with Crippen molar-refractivity contribution in [2.75, 3.05) is 6.54 Å². The maximum atomic E-state index is 11.5. The van der Waals surface area contributed by atoms with E-state index in [4.69, 9.17) is 17.3 Å². The average molecular weight is 355 g/mol. The molecule has 0 bridgehead atoms. The molecule has 0 heterocycles. The molecular weight excluding hydrogens is 347 g/mol.